The predicted molar refractivity (Wildman–Crippen MR) is 71.1 cm³/mol. The van der Waals surface area contributed by atoms with Crippen LogP contribution in [-0.4, -0.2) is 14.6 Å². The lowest BCUT2D eigenvalue weighted by Crippen LogP contribution is -1.97. The second kappa shape index (κ2) is 4.71. The van der Waals surface area contributed by atoms with Gasteiger partial charge in [-0.3, -0.25) is 0 Å². The molecule has 0 spiro atoms. The first-order valence-electron chi connectivity index (χ1n) is 5.71. The molecule has 6 heteroatoms. The zero-order valence-corrected chi connectivity index (χ0v) is 11.0. The molecule has 0 bridgehead atoms. The topological polar surface area (TPSA) is 63.2 Å². The molecule has 0 aliphatic carbocycles. The summed E-state index contributed by atoms with van der Waals surface area (Å²) in [6.07, 6.45) is 0. The maximum absolute atomic E-state index is 9.05. The van der Waals surface area contributed by atoms with Crippen LogP contribution >= 0.6 is 11.3 Å². The molecule has 0 atom stereocenters. The number of aryl methyl sites for hydroxylation is 1. The molecule has 0 aliphatic heterocycles. The molecule has 0 saturated heterocycles. The van der Waals surface area contributed by atoms with E-state index < -0.39 is 0 Å². The second-order valence-electron chi connectivity index (χ2n) is 3.95. The smallest absolute Gasteiger partial charge is 0.213 e. The van der Waals surface area contributed by atoms with E-state index >= 15 is 0 Å². The summed E-state index contributed by atoms with van der Waals surface area (Å²) >= 11 is 1.43. The van der Waals surface area contributed by atoms with Crippen molar-refractivity contribution in [1.82, 2.24) is 14.6 Å². The molecule has 0 unspecified atom stereocenters. The normalized spacial score (nSPS) is 10.5. The van der Waals surface area contributed by atoms with Gasteiger partial charge in [-0.05, 0) is 19.1 Å². The molecule has 1 aromatic carbocycles. The number of nitriles is 1. The van der Waals surface area contributed by atoms with Gasteiger partial charge >= 0.3 is 0 Å². The molecule has 2 heterocycles. The Morgan fingerprint density at radius 2 is 2.16 bits per heavy atom. The van der Waals surface area contributed by atoms with Gasteiger partial charge in [-0.25, -0.2) is 4.98 Å². The van der Waals surface area contributed by atoms with Crippen LogP contribution < -0.4 is 4.74 Å². The molecule has 2 aromatic heterocycles. The van der Waals surface area contributed by atoms with E-state index in [2.05, 4.69) is 16.2 Å². The van der Waals surface area contributed by atoms with Gasteiger partial charge < -0.3 is 4.74 Å². The molecular formula is C13H10N4OS. The van der Waals surface area contributed by atoms with E-state index in [0.717, 1.165) is 15.7 Å². The largest absolute Gasteiger partial charge is 0.486 e. The number of hydrogen-bond acceptors (Lipinski definition) is 5. The van der Waals surface area contributed by atoms with Gasteiger partial charge in [-0.2, -0.15) is 14.9 Å². The SMILES string of the molecule is Cc1nc2sc(COc3ccccc3)nn2c1C#N. The van der Waals surface area contributed by atoms with E-state index in [9.17, 15) is 0 Å². The van der Waals surface area contributed by atoms with Gasteiger partial charge in [0.25, 0.3) is 0 Å². The molecule has 3 rings (SSSR count). The molecule has 0 radical (unpaired) electrons. The van der Waals surface area contributed by atoms with Gasteiger partial charge in [0.2, 0.25) is 4.96 Å². The van der Waals surface area contributed by atoms with Gasteiger partial charge in [0.05, 0.1) is 5.69 Å². The first-order valence-corrected chi connectivity index (χ1v) is 6.52. The van der Waals surface area contributed by atoms with Gasteiger partial charge in [0, 0.05) is 0 Å². The number of fused-ring (bicyclic) bond motifs is 1. The monoisotopic (exact) mass is 270 g/mol. The quantitative estimate of drug-likeness (QED) is 0.733. The number of para-hydroxylation sites is 1. The van der Waals surface area contributed by atoms with Crippen LogP contribution in [0.3, 0.4) is 0 Å². The first kappa shape index (κ1) is 11.7. The average molecular weight is 270 g/mol. The summed E-state index contributed by atoms with van der Waals surface area (Å²) in [7, 11) is 0. The molecule has 19 heavy (non-hydrogen) atoms. The summed E-state index contributed by atoms with van der Waals surface area (Å²) in [5.74, 6) is 0.798. The Labute approximate surface area is 113 Å². The first-order chi connectivity index (χ1) is 9.28. The summed E-state index contributed by atoms with van der Waals surface area (Å²) in [5, 5.41) is 14.2. The summed E-state index contributed by atoms with van der Waals surface area (Å²) in [5.41, 5.74) is 1.19. The van der Waals surface area contributed by atoms with Crippen LogP contribution in [0.25, 0.3) is 4.96 Å². The molecule has 0 N–H and O–H groups in total. The number of aromatic nitrogens is 3. The van der Waals surface area contributed by atoms with Crippen molar-refractivity contribution in [3.8, 4) is 11.8 Å². The van der Waals surface area contributed by atoms with Gasteiger partial charge in [-0.15, -0.1) is 0 Å². The lowest BCUT2D eigenvalue weighted by atomic mass is 10.3. The Kier molecular flexibility index (Phi) is 2.89. The number of nitrogens with zero attached hydrogens (tertiary/aromatic N) is 4. The number of rotatable bonds is 3. The van der Waals surface area contributed by atoms with Gasteiger partial charge in [0.1, 0.15) is 18.4 Å². The van der Waals surface area contributed by atoms with Crippen LogP contribution in [0.5, 0.6) is 5.75 Å². The lowest BCUT2D eigenvalue weighted by molar-refractivity contribution is 0.304. The van der Waals surface area contributed by atoms with E-state index in [1.54, 1.807) is 11.4 Å². The zero-order valence-electron chi connectivity index (χ0n) is 10.2. The van der Waals surface area contributed by atoms with Crippen LogP contribution in [-0.2, 0) is 6.61 Å². The molecule has 0 amide bonds. The Bertz CT molecular complexity index is 754. The number of hydrogen-bond donors (Lipinski definition) is 0. The Morgan fingerprint density at radius 1 is 1.37 bits per heavy atom. The van der Waals surface area contributed by atoms with E-state index in [4.69, 9.17) is 10.00 Å². The molecule has 0 aliphatic rings. The Hall–Kier alpha value is -2.39. The zero-order chi connectivity index (χ0) is 13.2. The Morgan fingerprint density at radius 3 is 2.89 bits per heavy atom. The third kappa shape index (κ3) is 2.16. The second-order valence-corrected chi connectivity index (χ2v) is 4.99. The lowest BCUT2D eigenvalue weighted by Gasteiger charge is -2.01. The van der Waals surface area contributed by atoms with E-state index in [1.807, 2.05) is 30.3 Å². The van der Waals surface area contributed by atoms with E-state index in [0.29, 0.717) is 18.0 Å². The van der Waals surface area contributed by atoms with E-state index in [1.165, 1.54) is 11.3 Å². The standard InChI is InChI=1S/C13H10N4OS/c1-9-11(7-14)17-13(15-9)19-12(16-17)8-18-10-5-3-2-4-6-10/h2-6H,8H2,1H3. The van der Waals surface area contributed by atoms with Crippen molar-refractivity contribution in [2.45, 2.75) is 13.5 Å². The van der Waals surface area contributed by atoms with Crippen LogP contribution in [0.4, 0.5) is 0 Å². The van der Waals surface area contributed by atoms with Crippen molar-refractivity contribution in [1.29, 1.82) is 5.26 Å². The fraction of sp³-hybridized carbons (Fsp3) is 0.154. The van der Waals surface area contributed by atoms with E-state index in [-0.39, 0.29) is 0 Å². The highest BCUT2D eigenvalue weighted by molar-refractivity contribution is 7.16. The summed E-state index contributed by atoms with van der Waals surface area (Å²) < 4.78 is 7.19. The number of ether oxygens (including phenoxy) is 1. The van der Waals surface area contributed by atoms with Crippen LogP contribution in [0, 0.1) is 18.3 Å². The Balaban J connectivity index is 1.83. The third-order valence-electron chi connectivity index (χ3n) is 2.63. The summed E-state index contributed by atoms with van der Waals surface area (Å²) in [6, 6.07) is 11.7. The van der Waals surface area contributed by atoms with Crippen molar-refractivity contribution in [2.24, 2.45) is 0 Å². The fourth-order valence-corrected chi connectivity index (χ4v) is 2.59. The average Bonchev–Trinajstić information content (AvgIpc) is 2.93. The van der Waals surface area contributed by atoms with Crippen molar-refractivity contribution < 1.29 is 4.74 Å². The minimum atomic E-state index is 0.377. The summed E-state index contributed by atoms with van der Waals surface area (Å²) in [4.78, 5) is 5.02. The minimum absolute atomic E-state index is 0.377. The number of benzene rings is 1. The number of imidazole rings is 1. The summed E-state index contributed by atoms with van der Waals surface area (Å²) in [6.45, 7) is 2.18. The highest BCUT2D eigenvalue weighted by Gasteiger charge is 2.13. The highest BCUT2D eigenvalue weighted by Crippen LogP contribution is 2.19. The molecule has 94 valence electrons. The van der Waals surface area contributed by atoms with Crippen molar-refractivity contribution >= 4 is 16.3 Å². The minimum Gasteiger partial charge on any atom is -0.486 e. The van der Waals surface area contributed by atoms with Crippen LogP contribution in [0.2, 0.25) is 0 Å². The maximum atomic E-state index is 9.05. The van der Waals surface area contributed by atoms with Crippen LogP contribution in [0.15, 0.2) is 30.3 Å². The fourth-order valence-electron chi connectivity index (χ4n) is 1.74. The molecule has 3 aromatic rings. The molecule has 0 saturated carbocycles. The predicted octanol–water partition coefficient (Wildman–Crippen LogP) is 2.55. The van der Waals surface area contributed by atoms with Crippen molar-refractivity contribution in [3.63, 3.8) is 0 Å². The van der Waals surface area contributed by atoms with Crippen molar-refractivity contribution in [3.05, 3.63) is 46.7 Å². The highest BCUT2D eigenvalue weighted by atomic mass is 32.1. The third-order valence-corrected chi connectivity index (χ3v) is 3.51. The van der Waals surface area contributed by atoms with Crippen molar-refractivity contribution in [2.75, 3.05) is 0 Å². The van der Waals surface area contributed by atoms with Gasteiger partial charge in [0.15, 0.2) is 10.7 Å². The van der Waals surface area contributed by atoms with Crippen LogP contribution in [0.1, 0.15) is 16.4 Å². The molecule has 5 nitrogen and oxygen atoms in total. The maximum Gasteiger partial charge on any atom is 0.213 e. The molecular weight excluding hydrogens is 260 g/mol. The molecule has 0 fully saturated rings. The van der Waals surface area contributed by atoms with Gasteiger partial charge in [-0.1, -0.05) is 29.5 Å².